The Morgan fingerprint density at radius 1 is 0.935 bits per heavy atom. The summed E-state index contributed by atoms with van der Waals surface area (Å²) in [6.07, 6.45) is 5.48. The van der Waals surface area contributed by atoms with Crippen molar-refractivity contribution in [3.05, 3.63) is 71.3 Å². The highest BCUT2D eigenvalue weighted by molar-refractivity contribution is 6.23. The first kappa shape index (κ1) is 18.6. The SMILES string of the molecule is Cc1cccc(NC(=O)c2cccc(N3C(=O)[C@@H]4[C@H]5C=C[C@@H]([C@@H]6C[C@@H]56)[C@H]4C3=O)c2)c1C. The Kier molecular flexibility index (Phi) is 3.83. The van der Waals surface area contributed by atoms with E-state index in [0.29, 0.717) is 23.1 Å². The highest BCUT2D eigenvalue weighted by atomic mass is 16.2. The van der Waals surface area contributed by atoms with Gasteiger partial charge >= 0.3 is 0 Å². The molecule has 1 N–H and O–H groups in total. The fourth-order valence-electron chi connectivity index (χ4n) is 6.08. The maximum absolute atomic E-state index is 13.3. The van der Waals surface area contributed by atoms with Crippen LogP contribution in [0.5, 0.6) is 0 Å². The third kappa shape index (κ3) is 2.59. The van der Waals surface area contributed by atoms with E-state index >= 15 is 0 Å². The highest BCUT2D eigenvalue weighted by Crippen LogP contribution is 2.65. The monoisotopic (exact) mass is 412 g/mol. The van der Waals surface area contributed by atoms with Gasteiger partial charge in [-0.05, 0) is 79.3 Å². The number of rotatable bonds is 3. The van der Waals surface area contributed by atoms with E-state index in [2.05, 4.69) is 17.5 Å². The number of hydrogen-bond acceptors (Lipinski definition) is 3. The number of anilines is 2. The number of nitrogens with one attached hydrogen (secondary N) is 1. The molecule has 0 radical (unpaired) electrons. The normalized spacial score (nSPS) is 32.1. The third-order valence-electron chi connectivity index (χ3n) is 7.88. The van der Waals surface area contributed by atoms with Crippen molar-refractivity contribution in [2.75, 3.05) is 10.2 Å². The Morgan fingerprint density at radius 2 is 1.58 bits per heavy atom. The summed E-state index contributed by atoms with van der Waals surface area (Å²) >= 11 is 0. The van der Waals surface area contributed by atoms with Crippen LogP contribution in [0, 0.1) is 49.4 Å². The van der Waals surface area contributed by atoms with Crippen molar-refractivity contribution in [2.45, 2.75) is 20.3 Å². The van der Waals surface area contributed by atoms with Crippen LogP contribution in [0.25, 0.3) is 0 Å². The van der Waals surface area contributed by atoms with Crippen LogP contribution in [-0.4, -0.2) is 17.7 Å². The maximum atomic E-state index is 13.3. The minimum absolute atomic E-state index is 0.105. The number of nitrogens with zero attached hydrogens (tertiary/aromatic N) is 1. The molecule has 1 heterocycles. The summed E-state index contributed by atoms with van der Waals surface area (Å²) in [5.74, 6) is 0.589. The van der Waals surface area contributed by atoms with E-state index < -0.39 is 0 Å². The molecule has 5 heteroatoms. The zero-order valence-corrected chi connectivity index (χ0v) is 17.5. The van der Waals surface area contributed by atoms with Gasteiger partial charge in [-0.3, -0.25) is 14.4 Å². The van der Waals surface area contributed by atoms with Gasteiger partial charge in [0.15, 0.2) is 0 Å². The summed E-state index contributed by atoms with van der Waals surface area (Å²) in [5, 5.41) is 2.96. The molecule has 3 fully saturated rings. The lowest BCUT2D eigenvalue weighted by Gasteiger charge is -2.37. The molecule has 5 aliphatic rings. The van der Waals surface area contributed by atoms with Gasteiger partial charge in [-0.1, -0.05) is 30.4 Å². The second-order valence-corrected chi connectivity index (χ2v) is 9.42. The molecule has 4 aliphatic carbocycles. The molecule has 2 aromatic rings. The summed E-state index contributed by atoms with van der Waals surface area (Å²) in [4.78, 5) is 40.9. The van der Waals surface area contributed by atoms with Gasteiger partial charge in [0.2, 0.25) is 11.8 Å². The fourth-order valence-corrected chi connectivity index (χ4v) is 6.08. The average molecular weight is 412 g/mol. The van der Waals surface area contributed by atoms with Crippen LogP contribution in [0.3, 0.4) is 0 Å². The maximum Gasteiger partial charge on any atom is 0.255 e. The van der Waals surface area contributed by atoms with E-state index in [1.807, 2.05) is 32.0 Å². The van der Waals surface area contributed by atoms with Gasteiger partial charge in [0, 0.05) is 11.3 Å². The van der Waals surface area contributed by atoms with Crippen molar-refractivity contribution in [3.63, 3.8) is 0 Å². The molecule has 7 rings (SSSR count). The van der Waals surface area contributed by atoms with E-state index in [0.717, 1.165) is 23.2 Å². The lowest BCUT2D eigenvalue weighted by atomic mass is 9.63. The molecule has 0 spiro atoms. The van der Waals surface area contributed by atoms with Crippen molar-refractivity contribution >= 4 is 29.1 Å². The lowest BCUT2D eigenvalue weighted by Crippen LogP contribution is -2.40. The van der Waals surface area contributed by atoms with E-state index in [9.17, 15) is 14.4 Å². The number of carbonyl (C=O) groups is 3. The van der Waals surface area contributed by atoms with Crippen LogP contribution in [0.2, 0.25) is 0 Å². The van der Waals surface area contributed by atoms with Crippen LogP contribution in [0.1, 0.15) is 27.9 Å². The predicted molar refractivity (Wildman–Crippen MR) is 118 cm³/mol. The Morgan fingerprint density at radius 3 is 2.26 bits per heavy atom. The Hall–Kier alpha value is -3.21. The van der Waals surface area contributed by atoms with Gasteiger partial charge in [-0.15, -0.1) is 0 Å². The molecule has 1 saturated heterocycles. The van der Waals surface area contributed by atoms with Crippen molar-refractivity contribution in [1.29, 1.82) is 0 Å². The van der Waals surface area contributed by atoms with Crippen LogP contribution < -0.4 is 10.2 Å². The number of carbonyl (C=O) groups excluding carboxylic acids is 3. The van der Waals surface area contributed by atoms with E-state index in [1.54, 1.807) is 24.3 Å². The van der Waals surface area contributed by atoms with Crippen LogP contribution >= 0.6 is 0 Å². The average Bonchev–Trinajstić information content (AvgIpc) is 3.55. The van der Waals surface area contributed by atoms with Gasteiger partial charge in [0.25, 0.3) is 5.91 Å². The Labute approximate surface area is 181 Å². The molecule has 2 aromatic carbocycles. The van der Waals surface area contributed by atoms with E-state index in [-0.39, 0.29) is 41.4 Å². The van der Waals surface area contributed by atoms with Crippen molar-refractivity contribution in [1.82, 2.24) is 0 Å². The van der Waals surface area contributed by atoms with E-state index in [4.69, 9.17) is 0 Å². The molecule has 6 atom stereocenters. The third-order valence-corrected chi connectivity index (χ3v) is 7.88. The molecule has 2 saturated carbocycles. The standard InChI is InChI=1S/C26H24N2O3/c1-13-5-3-8-21(14(13)2)27-24(29)15-6-4-7-16(11-15)28-25(30)22-17-9-10-18(20-12-19(17)20)23(22)26(28)31/h3-11,17-20,22-23H,12H2,1-2H3,(H,27,29)/t17-,18-,19-,20-,22+,23+/m0/s1. The Balaban J connectivity index is 1.29. The summed E-state index contributed by atoms with van der Waals surface area (Å²) in [7, 11) is 0. The quantitative estimate of drug-likeness (QED) is 0.609. The zero-order chi connectivity index (χ0) is 21.4. The molecule has 0 aromatic heterocycles. The number of aryl methyl sites for hydroxylation is 1. The molecule has 5 nitrogen and oxygen atoms in total. The first-order chi connectivity index (χ1) is 15.0. The lowest BCUT2D eigenvalue weighted by molar-refractivity contribution is -0.124. The second-order valence-electron chi connectivity index (χ2n) is 9.42. The van der Waals surface area contributed by atoms with Gasteiger partial charge in [0.05, 0.1) is 17.5 Å². The van der Waals surface area contributed by atoms with Crippen molar-refractivity contribution in [3.8, 4) is 0 Å². The molecular formula is C26H24N2O3. The number of benzene rings is 2. The molecule has 156 valence electrons. The summed E-state index contributed by atoms with van der Waals surface area (Å²) in [6.45, 7) is 3.97. The molecule has 0 unspecified atom stereocenters. The minimum Gasteiger partial charge on any atom is -0.322 e. The van der Waals surface area contributed by atoms with E-state index in [1.165, 1.54) is 4.90 Å². The molecule has 3 amide bonds. The first-order valence-corrected chi connectivity index (χ1v) is 11.0. The van der Waals surface area contributed by atoms with Gasteiger partial charge in [0.1, 0.15) is 0 Å². The Bertz CT molecular complexity index is 1150. The molecular weight excluding hydrogens is 388 g/mol. The fraction of sp³-hybridized carbons (Fsp3) is 0.346. The zero-order valence-electron chi connectivity index (χ0n) is 17.5. The van der Waals surface area contributed by atoms with Crippen molar-refractivity contribution < 1.29 is 14.4 Å². The number of imide groups is 1. The summed E-state index contributed by atoms with van der Waals surface area (Å²) in [6, 6.07) is 12.6. The van der Waals surface area contributed by atoms with Gasteiger partial charge < -0.3 is 5.32 Å². The summed E-state index contributed by atoms with van der Waals surface area (Å²) < 4.78 is 0. The van der Waals surface area contributed by atoms with Crippen LogP contribution in [0.4, 0.5) is 11.4 Å². The molecule has 2 bridgehead atoms. The van der Waals surface area contributed by atoms with Gasteiger partial charge in [-0.2, -0.15) is 0 Å². The number of allylic oxidation sites excluding steroid dienone is 2. The van der Waals surface area contributed by atoms with Crippen LogP contribution in [0.15, 0.2) is 54.6 Å². The number of hydrogen-bond donors (Lipinski definition) is 1. The smallest absolute Gasteiger partial charge is 0.255 e. The highest BCUT2D eigenvalue weighted by Gasteiger charge is 2.67. The first-order valence-electron chi connectivity index (χ1n) is 11.0. The van der Waals surface area contributed by atoms with Gasteiger partial charge in [-0.25, -0.2) is 4.90 Å². The largest absolute Gasteiger partial charge is 0.322 e. The summed E-state index contributed by atoms with van der Waals surface area (Å²) in [5.41, 5.74) is 3.80. The minimum atomic E-state index is -0.255. The second kappa shape index (κ2) is 6.39. The van der Waals surface area contributed by atoms with Crippen molar-refractivity contribution in [2.24, 2.45) is 35.5 Å². The van der Waals surface area contributed by atoms with Crippen LogP contribution in [-0.2, 0) is 9.59 Å². The topological polar surface area (TPSA) is 66.5 Å². The molecule has 1 aliphatic heterocycles. The predicted octanol–water partition coefficient (Wildman–Crippen LogP) is 4.11. The molecule has 31 heavy (non-hydrogen) atoms. The number of amides is 3.